The van der Waals surface area contributed by atoms with Crippen molar-refractivity contribution in [3.63, 3.8) is 0 Å². The standard InChI is InChI=1S/C19H16O3/c1-21-12-18(19(20)22-2)16-9-5-8-15-14-7-4-3-6-13(14)10-11-17(15)16/h3-12H,1-2H3/b18-12+. The Bertz CT molecular complexity index is 878. The number of esters is 1. The number of benzene rings is 3. The first-order chi connectivity index (χ1) is 10.8. The number of ether oxygens (including phenoxy) is 2. The van der Waals surface area contributed by atoms with Gasteiger partial charge in [-0.1, -0.05) is 54.6 Å². The Morgan fingerprint density at radius 3 is 2.41 bits per heavy atom. The predicted molar refractivity (Wildman–Crippen MR) is 88.5 cm³/mol. The summed E-state index contributed by atoms with van der Waals surface area (Å²) in [6.07, 6.45) is 1.43. The van der Waals surface area contributed by atoms with Gasteiger partial charge in [0.05, 0.1) is 20.5 Å². The largest absolute Gasteiger partial charge is 0.503 e. The third-order valence-electron chi connectivity index (χ3n) is 3.72. The Balaban J connectivity index is 2.33. The van der Waals surface area contributed by atoms with Crippen LogP contribution in [0, 0.1) is 0 Å². The van der Waals surface area contributed by atoms with E-state index in [2.05, 4.69) is 24.3 Å². The molecule has 0 unspecified atom stereocenters. The number of methoxy groups -OCH3 is 2. The summed E-state index contributed by atoms with van der Waals surface area (Å²) in [4.78, 5) is 12.0. The van der Waals surface area contributed by atoms with Crippen LogP contribution in [-0.4, -0.2) is 20.2 Å². The molecular formula is C19H16O3. The van der Waals surface area contributed by atoms with Gasteiger partial charge in [-0.05, 0) is 27.1 Å². The minimum atomic E-state index is -0.414. The molecule has 22 heavy (non-hydrogen) atoms. The van der Waals surface area contributed by atoms with E-state index in [0.29, 0.717) is 5.57 Å². The first-order valence-electron chi connectivity index (χ1n) is 6.98. The molecule has 0 N–H and O–H groups in total. The van der Waals surface area contributed by atoms with Gasteiger partial charge in [-0.3, -0.25) is 0 Å². The number of hydrogen-bond donors (Lipinski definition) is 0. The molecule has 110 valence electrons. The first kappa shape index (κ1) is 14.1. The lowest BCUT2D eigenvalue weighted by Gasteiger charge is -2.11. The number of hydrogen-bond acceptors (Lipinski definition) is 3. The van der Waals surface area contributed by atoms with Crippen molar-refractivity contribution in [1.82, 2.24) is 0 Å². The molecule has 0 aliphatic heterocycles. The van der Waals surface area contributed by atoms with Gasteiger partial charge in [-0.15, -0.1) is 0 Å². The van der Waals surface area contributed by atoms with E-state index in [4.69, 9.17) is 9.47 Å². The van der Waals surface area contributed by atoms with Crippen LogP contribution >= 0.6 is 0 Å². The van der Waals surface area contributed by atoms with Gasteiger partial charge in [0.2, 0.25) is 0 Å². The monoisotopic (exact) mass is 292 g/mol. The second-order valence-electron chi connectivity index (χ2n) is 4.95. The van der Waals surface area contributed by atoms with E-state index in [1.54, 1.807) is 0 Å². The van der Waals surface area contributed by atoms with Crippen molar-refractivity contribution >= 4 is 33.1 Å². The molecule has 0 aliphatic carbocycles. The third kappa shape index (κ3) is 2.31. The molecule has 3 aromatic rings. The zero-order valence-electron chi connectivity index (χ0n) is 12.5. The quantitative estimate of drug-likeness (QED) is 0.315. The van der Waals surface area contributed by atoms with Gasteiger partial charge in [0.25, 0.3) is 0 Å². The normalized spacial score (nSPS) is 11.6. The van der Waals surface area contributed by atoms with E-state index < -0.39 is 5.97 Å². The highest BCUT2D eigenvalue weighted by atomic mass is 16.5. The van der Waals surface area contributed by atoms with Crippen LogP contribution in [0.3, 0.4) is 0 Å². The lowest BCUT2D eigenvalue weighted by atomic mass is 9.95. The van der Waals surface area contributed by atoms with Gasteiger partial charge in [0.15, 0.2) is 0 Å². The molecule has 3 heteroatoms. The Morgan fingerprint density at radius 1 is 0.864 bits per heavy atom. The van der Waals surface area contributed by atoms with Gasteiger partial charge in [-0.2, -0.15) is 0 Å². The molecule has 0 spiro atoms. The molecule has 3 aromatic carbocycles. The van der Waals surface area contributed by atoms with Crippen LogP contribution < -0.4 is 0 Å². The van der Waals surface area contributed by atoms with Crippen molar-refractivity contribution in [2.45, 2.75) is 0 Å². The van der Waals surface area contributed by atoms with E-state index in [0.717, 1.165) is 21.7 Å². The lowest BCUT2D eigenvalue weighted by molar-refractivity contribution is -0.133. The molecule has 0 amide bonds. The molecule has 3 nitrogen and oxygen atoms in total. The van der Waals surface area contributed by atoms with Crippen LogP contribution in [0.2, 0.25) is 0 Å². The van der Waals surface area contributed by atoms with Gasteiger partial charge >= 0.3 is 5.97 Å². The van der Waals surface area contributed by atoms with Gasteiger partial charge in [0, 0.05) is 0 Å². The van der Waals surface area contributed by atoms with Crippen LogP contribution in [-0.2, 0) is 14.3 Å². The second-order valence-corrected chi connectivity index (χ2v) is 4.95. The zero-order chi connectivity index (χ0) is 15.5. The summed E-state index contributed by atoms with van der Waals surface area (Å²) in [6, 6.07) is 18.2. The predicted octanol–water partition coefficient (Wildman–Crippen LogP) is 4.15. The maximum Gasteiger partial charge on any atom is 0.341 e. The number of carbonyl (C=O) groups is 1. The minimum Gasteiger partial charge on any atom is -0.503 e. The summed E-state index contributed by atoms with van der Waals surface area (Å²) in [5.41, 5.74) is 1.21. The average Bonchev–Trinajstić information content (AvgIpc) is 2.58. The van der Waals surface area contributed by atoms with Crippen molar-refractivity contribution in [3.05, 3.63) is 66.4 Å². The summed E-state index contributed by atoms with van der Waals surface area (Å²) in [5, 5.41) is 4.42. The molecule has 0 heterocycles. The molecule has 0 aromatic heterocycles. The van der Waals surface area contributed by atoms with E-state index in [1.807, 2.05) is 30.3 Å². The Kier molecular flexibility index (Phi) is 3.79. The van der Waals surface area contributed by atoms with Crippen molar-refractivity contribution in [2.75, 3.05) is 14.2 Å². The summed E-state index contributed by atoms with van der Waals surface area (Å²) >= 11 is 0. The first-order valence-corrected chi connectivity index (χ1v) is 6.98. The van der Waals surface area contributed by atoms with Crippen LogP contribution in [0.5, 0.6) is 0 Å². The van der Waals surface area contributed by atoms with Crippen molar-refractivity contribution in [3.8, 4) is 0 Å². The van der Waals surface area contributed by atoms with Crippen molar-refractivity contribution in [1.29, 1.82) is 0 Å². The molecule has 0 aliphatic rings. The molecule has 0 saturated carbocycles. The van der Waals surface area contributed by atoms with E-state index >= 15 is 0 Å². The number of fused-ring (bicyclic) bond motifs is 3. The van der Waals surface area contributed by atoms with Crippen LogP contribution in [0.1, 0.15) is 5.56 Å². The minimum absolute atomic E-state index is 0.408. The molecular weight excluding hydrogens is 276 g/mol. The highest BCUT2D eigenvalue weighted by Crippen LogP contribution is 2.31. The fraction of sp³-hybridized carbons (Fsp3) is 0.105. The molecule has 0 radical (unpaired) electrons. The fourth-order valence-corrected chi connectivity index (χ4v) is 2.72. The Hall–Kier alpha value is -2.81. The van der Waals surface area contributed by atoms with E-state index in [9.17, 15) is 4.79 Å². The van der Waals surface area contributed by atoms with E-state index in [1.165, 1.54) is 25.9 Å². The highest BCUT2D eigenvalue weighted by molar-refractivity contribution is 6.22. The highest BCUT2D eigenvalue weighted by Gasteiger charge is 2.16. The zero-order valence-corrected chi connectivity index (χ0v) is 12.5. The summed E-state index contributed by atoms with van der Waals surface area (Å²) in [5.74, 6) is -0.414. The summed E-state index contributed by atoms with van der Waals surface area (Å²) in [6.45, 7) is 0. The smallest absolute Gasteiger partial charge is 0.341 e. The van der Waals surface area contributed by atoms with Crippen LogP contribution in [0.25, 0.3) is 27.1 Å². The number of rotatable bonds is 3. The SMILES string of the molecule is CO/C=C(/C(=O)OC)c1cccc2c1ccc1ccccc12. The maximum absolute atomic E-state index is 12.0. The molecule has 0 atom stereocenters. The Morgan fingerprint density at radius 2 is 1.64 bits per heavy atom. The molecule has 0 saturated heterocycles. The van der Waals surface area contributed by atoms with Crippen molar-refractivity contribution < 1.29 is 14.3 Å². The van der Waals surface area contributed by atoms with Gasteiger partial charge < -0.3 is 9.47 Å². The maximum atomic E-state index is 12.0. The Labute approximate surface area is 128 Å². The topological polar surface area (TPSA) is 35.5 Å². The molecule has 0 fully saturated rings. The lowest BCUT2D eigenvalue weighted by Crippen LogP contribution is -2.05. The summed E-state index contributed by atoms with van der Waals surface area (Å²) < 4.78 is 9.92. The van der Waals surface area contributed by atoms with Crippen LogP contribution in [0.15, 0.2) is 60.9 Å². The summed E-state index contributed by atoms with van der Waals surface area (Å²) in [7, 11) is 2.88. The fourth-order valence-electron chi connectivity index (χ4n) is 2.72. The van der Waals surface area contributed by atoms with Gasteiger partial charge in [0.1, 0.15) is 5.57 Å². The van der Waals surface area contributed by atoms with Crippen LogP contribution in [0.4, 0.5) is 0 Å². The third-order valence-corrected chi connectivity index (χ3v) is 3.72. The average molecular weight is 292 g/mol. The van der Waals surface area contributed by atoms with E-state index in [-0.39, 0.29) is 0 Å². The van der Waals surface area contributed by atoms with Crippen molar-refractivity contribution in [2.24, 2.45) is 0 Å². The van der Waals surface area contributed by atoms with Gasteiger partial charge in [-0.25, -0.2) is 4.79 Å². The molecule has 0 bridgehead atoms. The number of carbonyl (C=O) groups excluding carboxylic acids is 1. The molecule has 3 rings (SSSR count). The second kappa shape index (κ2) is 5.90.